The first-order valence-electron chi connectivity index (χ1n) is 15.2. The van der Waals surface area contributed by atoms with E-state index in [4.69, 9.17) is 4.42 Å². The Morgan fingerprint density at radius 1 is 0.444 bits per heavy atom. The topological polar surface area (TPSA) is 16.4 Å². The summed E-state index contributed by atoms with van der Waals surface area (Å²) in [5, 5.41) is 4.83. The molecule has 2 nitrogen and oxygen atoms in total. The first-order chi connectivity index (χ1) is 22.3. The second-order valence-corrected chi connectivity index (χ2v) is 12.4. The molecule has 0 atom stereocenters. The quantitative estimate of drug-likeness (QED) is 0.197. The summed E-state index contributed by atoms with van der Waals surface area (Å²) in [7, 11) is 0. The van der Waals surface area contributed by atoms with Crippen LogP contribution in [0.5, 0.6) is 0 Å². The van der Waals surface area contributed by atoms with Crippen LogP contribution in [0.25, 0.3) is 64.4 Å². The van der Waals surface area contributed by atoms with E-state index in [1.54, 1.807) is 0 Å². The number of hydrogen-bond donors (Lipinski definition) is 0. The van der Waals surface area contributed by atoms with Crippen LogP contribution in [-0.2, 0) is 0 Å². The number of furan rings is 1. The van der Waals surface area contributed by atoms with Crippen LogP contribution in [0.1, 0.15) is 0 Å². The SMILES string of the molecule is c1ccc(-c2ccc(N(c3ccc4c(c3)oc3ccccc34)c3ccc(-c4ccccc4)c4c3sc3ccccc34)cc2)cc1. The van der Waals surface area contributed by atoms with Gasteiger partial charge in [0.25, 0.3) is 0 Å². The maximum Gasteiger partial charge on any atom is 0.137 e. The molecule has 0 radical (unpaired) electrons. The molecule has 212 valence electrons. The lowest BCUT2D eigenvalue weighted by molar-refractivity contribution is 0.669. The van der Waals surface area contributed by atoms with Gasteiger partial charge in [0.15, 0.2) is 0 Å². The molecule has 0 saturated heterocycles. The Labute approximate surface area is 265 Å². The average molecular weight is 594 g/mol. The second kappa shape index (κ2) is 10.5. The van der Waals surface area contributed by atoms with Crippen LogP contribution in [0, 0.1) is 0 Å². The fraction of sp³-hybridized carbons (Fsp3) is 0. The van der Waals surface area contributed by atoms with Crippen LogP contribution in [0.3, 0.4) is 0 Å². The largest absolute Gasteiger partial charge is 0.456 e. The number of benzene rings is 7. The maximum absolute atomic E-state index is 6.38. The third-order valence-corrected chi connectivity index (χ3v) is 9.88. The van der Waals surface area contributed by atoms with Gasteiger partial charge in [-0.1, -0.05) is 115 Å². The van der Waals surface area contributed by atoms with Crippen molar-refractivity contribution in [1.29, 1.82) is 0 Å². The van der Waals surface area contributed by atoms with Crippen molar-refractivity contribution in [1.82, 2.24) is 0 Å². The van der Waals surface area contributed by atoms with Crippen LogP contribution < -0.4 is 4.90 Å². The Morgan fingerprint density at radius 2 is 1.07 bits per heavy atom. The average Bonchev–Trinajstić information content (AvgIpc) is 3.68. The molecule has 2 aromatic heterocycles. The minimum absolute atomic E-state index is 0.882. The molecule has 0 amide bonds. The van der Waals surface area contributed by atoms with E-state index in [1.807, 2.05) is 23.5 Å². The second-order valence-electron chi connectivity index (χ2n) is 11.3. The number of fused-ring (bicyclic) bond motifs is 6. The summed E-state index contributed by atoms with van der Waals surface area (Å²) in [6, 6.07) is 58.4. The summed E-state index contributed by atoms with van der Waals surface area (Å²) >= 11 is 1.86. The van der Waals surface area contributed by atoms with Gasteiger partial charge in [0.1, 0.15) is 11.2 Å². The monoisotopic (exact) mass is 593 g/mol. The van der Waals surface area contributed by atoms with E-state index in [9.17, 15) is 0 Å². The highest BCUT2D eigenvalue weighted by Gasteiger charge is 2.21. The first-order valence-corrected chi connectivity index (χ1v) is 16.0. The van der Waals surface area contributed by atoms with Crippen molar-refractivity contribution >= 4 is 70.5 Å². The Morgan fingerprint density at radius 3 is 1.87 bits per heavy atom. The fourth-order valence-corrected chi connectivity index (χ4v) is 7.80. The van der Waals surface area contributed by atoms with Crippen LogP contribution in [-0.4, -0.2) is 0 Å². The molecule has 0 spiro atoms. The molecule has 45 heavy (non-hydrogen) atoms. The van der Waals surface area contributed by atoms with E-state index in [0.29, 0.717) is 0 Å². The van der Waals surface area contributed by atoms with Crippen molar-refractivity contribution in [2.75, 3.05) is 4.90 Å². The summed E-state index contributed by atoms with van der Waals surface area (Å²) in [4.78, 5) is 2.38. The smallest absolute Gasteiger partial charge is 0.137 e. The number of anilines is 3. The summed E-state index contributed by atoms with van der Waals surface area (Å²) in [5.41, 5.74) is 9.96. The van der Waals surface area contributed by atoms with Crippen LogP contribution >= 0.6 is 11.3 Å². The zero-order chi connectivity index (χ0) is 29.7. The van der Waals surface area contributed by atoms with Gasteiger partial charge in [-0.25, -0.2) is 0 Å². The lowest BCUT2D eigenvalue weighted by Crippen LogP contribution is -2.10. The summed E-state index contributed by atoms with van der Waals surface area (Å²) in [6.07, 6.45) is 0. The van der Waals surface area contributed by atoms with Crippen molar-refractivity contribution in [2.24, 2.45) is 0 Å². The van der Waals surface area contributed by atoms with Crippen LogP contribution in [0.2, 0.25) is 0 Å². The highest BCUT2D eigenvalue weighted by molar-refractivity contribution is 7.26. The van der Waals surface area contributed by atoms with Crippen molar-refractivity contribution in [2.45, 2.75) is 0 Å². The summed E-state index contributed by atoms with van der Waals surface area (Å²) < 4.78 is 8.92. The fourth-order valence-electron chi connectivity index (χ4n) is 6.56. The molecule has 0 saturated carbocycles. The first kappa shape index (κ1) is 25.8. The number of rotatable bonds is 5. The molecule has 9 aromatic rings. The molecule has 3 heteroatoms. The molecule has 9 rings (SSSR count). The maximum atomic E-state index is 6.38. The highest BCUT2D eigenvalue weighted by atomic mass is 32.1. The van der Waals surface area contributed by atoms with Crippen molar-refractivity contribution in [3.63, 3.8) is 0 Å². The van der Waals surface area contributed by atoms with Gasteiger partial charge >= 0.3 is 0 Å². The van der Waals surface area contributed by atoms with Gasteiger partial charge in [0.05, 0.1) is 10.4 Å². The lowest BCUT2D eigenvalue weighted by Gasteiger charge is -2.27. The molecule has 0 N–H and O–H groups in total. The van der Waals surface area contributed by atoms with Gasteiger partial charge in [-0.3, -0.25) is 0 Å². The molecule has 7 aromatic carbocycles. The zero-order valence-corrected chi connectivity index (χ0v) is 25.2. The van der Waals surface area contributed by atoms with Crippen molar-refractivity contribution < 1.29 is 4.42 Å². The molecule has 0 aliphatic rings. The Bertz CT molecular complexity index is 2470. The third kappa shape index (κ3) is 4.32. The number of para-hydroxylation sites is 1. The van der Waals surface area contributed by atoms with E-state index in [2.05, 4.69) is 157 Å². The van der Waals surface area contributed by atoms with Gasteiger partial charge in [-0.15, -0.1) is 11.3 Å². The summed E-state index contributed by atoms with van der Waals surface area (Å²) in [6.45, 7) is 0. The van der Waals surface area contributed by atoms with Crippen molar-refractivity contribution in [3.8, 4) is 22.3 Å². The Kier molecular flexibility index (Phi) is 6.03. The van der Waals surface area contributed by atoms with E-state index in [1.165, 1.54) is 42.4 Å². The Hall–Kier alpha value is -5.64. The molecule has 0 aliphatic heterocycles. The molecular weight excluding hydrogens is 567 g/mol. The van der Waals surface area contributed by atoms with Gasteiger partial charge in [-0.05, 0) is 64.7 Å². The normalized spacial score (nSPS) is 11.6. The molecular formula is C42H27NOS. The van der Waals surface area contributed by atoms with E-state index in [0.717, 1.165) is 39.0 Å². The van der Waals surface area contributed by atoms with E-state index in [-0.39, 0.29) is 0 Å². The van der Waals surface area contributed by atoms with Crippen molar-refractivity contribution in [3.05, 3.63) is 164 Å². The van der Waals surface area contributed by atoms with Gasteiger partial charge in [0.2, 0.25) is 0 Å². The predicted molar refractivity (Wildman–Crippen MR) is 192 cm³/mol. The highest BCUT2D eigenvalue weighted by Crippen LogP contribution is 2.48. The molecule has 2 heterocycles. The lowest BCUT2D eigenvalue weighted by atomic mass is 9.98. The number of hydrogen-bond acceptors (Lipinski definition) is 3. The Balaban J connectivity index is 1.30. The van der Waals surface area contributed by atoms with Gasteiger partial charge in [-0.2, -0.15) is 0 Å². The predicted octanol–water partition coefficient (Wildman–Crippen LogP) is 12.8. The number of nitrogens with zero attached hydrogens (tertiary/aromatic N) is 1. The zero-order valence-electron chi connectivity index (χ0n) is 24.4. The minimum atomic E-state index is 0.882. The molecule has 0 unspecified atom stereocenters. The van der Waals surface area contributed by atoms with Gasteiger partial charge in [0, 0.05) is 43.7 Å². The van der Waals surface area contributed by atoms with Crippen LogP contribution in [0.15, 0.2) is 168 Å². The molecule has 0 fully saturated rings. The minimum Gasteiger partial charge on any atom is -0.456 e. The summed E-state index contributed by atoms with van der Waals surface area (Å²) in [5.74, 6) is 0. The molecule has 0 aliphatic carbocycles. The third-order valence-electron chi connectivity index (χ3n) is 8.68. The van der Waals surface area contributed by atoms with E-state index >= 15 is 0 Å². The van der Waals surface area contributed by atoms with Gasteiger partial charge < -0.3 is 9.32 Å². The standard InChI is InChI=1S/C42H27NOS/c1-3-11-28(12-4-1)29-19-21-31(22-20-29)43(32-23-24-35-34-15-7-9-17-38(34)44-39(35)27-32)37-26-25-33(30-13-5-2-6-14-30)41-36-16-8-10-18-40(36)45-42(37)41/h1-27H. The number of thiophene rings is 1. The molecule has 0 bridgehead atoms. The van der Waals surface area contributed by atoms with Crippen LogP contribution in [0.4, 0.5) is 17.1 Å². The van der Waals surface area contributed by atoms with E-state index < -0.39 is 0 Å².